The standard InChI is InChI=1S/C16H23N3O6S/c1-16(2,3)25-15(23)19-11(14(22)24-4)8-17-12(21)5-6-13-18-7-10(9-20)26-13/h7,9,11H,5-6,8H2,1-4H3,(H,17,21)(H,19,23)/t11-/m0/s1. The Balaban J connectivity index is 2.49. The molecule has 26 heavy (non-hydrogen) atoms. The Kier molecular flexibility index (Phi) is 8.17. The smallest absolute Gasteiger partial charge is 0.408 e. The molecule has 9 nitrogen and oxygen atoms in total. The maximum atomic E-state index is 11.9. The van der Waals surface area contributed by atoms with E-state index in [4.69, 9.17) is 4.74 Å². The third-order valence-corrected chi connectivity index (χ3v) is 3.92. The Bertz CT molecular complexity index is 653. The Labute approximate surface area is 155 Å². The molecule has 0 unspecified atom stereocenters. The van der Waals surface area contributed by atoms with Crippen LogP contribution in [0.5, 0.6) is 0 Å². The van der Waals surface area contributed by atoms with E-state index in [1.165, 1.54) is 24.6 Å². The first-order valence-electron chi connectivity index (χ1n) is 7.88. The summed E-state index contributed by atoms with van der Waals surface area (Å²) in [6.07, 6.45) is 1.86. The number of esters is 1. The van der Waals surface area contributed by atoms with Crippen LogP contribution >= 0.6 is 11.3 Å². The van der Waals surface area contributed by atoms with Crippen molar-refractivity contribution in [2.45, 2.75) is 45.3 Å². The minimum atomic E-state index is -1.07. The summed E-state index contributed by atoms with van der Waals surface area (Å²) in [7, 11) is 1.18. The number of rotatable bonds is 8. The van der Waals surface area contributed by atoms with Crippen LogP contribution in [0.15, 0.2) is 6.20 Å². The molecule has 1 heterocycles. The van der Waals surface area contributed by atoms with Crippen molar-refractivity contribution in [3.8, 4) is 0 Å². The zero-order chi connectivity index (χ0) is 19.7. The molecule has 0 aliphatic heterocycles. The summed E-state index contributed by atoms with van der Waals surface area (Å²) >= 11 is 1.21. The highest BCUT2D eigenvalue weighted by Crippen LogP contribution is 2.12. The molecule has 0 spiro atoms. The fraction of sp³-hybridized carbons (Fsp3) is 0.562. The van der Waals surface area contributed by atoms with Gasteiger partial charge in [0.25, 0.3) is 0 Å². The van der Waals surface area contributed by atoms with Crippen LogP contribution in [0.2, 0.25) is 0 Å². The van der Waals surface area contributed by atoms with Gasteiger partial charge in [0.1, 0.15) is 11.6 Å². The first-order valence-corrected chi connectivity index (χ1v) is 8.70. The lowest BCUT2D eigenvalue weighted by atomic mass is 10.2. The van der Waals surface area contributed by atoms with Crippen LogP contribution in [0.1, 0.15) is 41.9 Å². The molecular formula is C16H23N3O6S. The van der Waals surface area contributed by atoms with E-state index in [2.05, 4.69) is 20.4 Å². The van der Waals surface area contributed by atoms with Gasteiger partial charge in [-0.15, -0.1) is 11.3 Å². The van der Waals surface area contributed by atoms with Gasteiger partial charge in [0.05, 0.1) is 17.0 Å². The van der Waals surface area contributed by atoms with Crippen molar-refractivity contribution in [3.63, 3.8) is 0 Å². The van der Waals surface area contributed by atoms with Crippen LogP contribution in [-0.4, -0.2) is 54.5 Å². The second kappa shape index (κ2) is 9.85. The molecule has 1 aromatic heterocycles. The van der Waals surface area contributed by atoms with Crippen molar-refractivity contribution in [1.29, 1.82) is 0 Å². The lowest BCUT2D eigenvalue weighted by Gasteiger charge is -2.22. The molecule has 0 aliphatic carbocycles. The second-order valence-electron chi connectivity index (χ2n) is 6.30. The summed E-state index contributed by atoms with van der Waals surface area (Å²) in [6, 6.07) is -1.07. The molecule has 10 heteroatoms. The predicted molar refractivity (Wildman–Crippen MR) is 94.0 cm³/mol. The molecule has 144 valence electrons. The number of carbonyl (C=O) groups is 4. The van der Waals surface area contributed by atoms with Gasteiger partial charge in [0.15, 0.2) is 6.29 Å². The number of amides is 2. The molecule has 1 aromatic rings. The molecular weight excluding hydrogens is 362 g/mol. The first kappa shape index (κ1) is 21.6. The van der Waals surface area contributed by atoms with Crippen molar-refractivity contribution < 1.29 is 28.7 Å². The summed E-state index contributed by atoms with van der Waals surface area (Å²) in [6.45, 7) is 4.94. The zero-order valence-corrected chi connectivity index (χ0v) is 16.0. The maximum Gasteiger partial charge on any atom is 0.408 e. The number of methoxy groups -OCH3 is 1. The highest BCUT2D eigenvalue weighted by molar-refractivity contribution is 7.13. The molecule has 2 N–H and O–H groups in total. The molecule has 0 radical (unpaired) electrons. The molecule has 1 atom stereocenters. The highest BCUT2D eigenvalue weighted by Gasteiger charge is 2.25. The van der Waals surface area contributed by atoms with Crippen LogP contribution in [0, 0.1) is 0 Å². The second-order valence-corrected chi connectivity index (χ2v) is 7.45. The molecule has 0 bridgehead atoms. The number of hydrogen-bond acceptors (Lipinski definition) is 8. The highest BCUT2D eigenvalue weighted by atomic mass is 32.1. The van der Waals surface area contributed by atoms with E-state index in [9.17, 15) is 19.2 Å². The zero-order valence-electron chi connectivity index (χ0n) is 15.2. The number of ether oxygens (including phenoxy) is 2. The fourth-order valence-corrected chi connectivity index (χ4v) is 2.54. The van der Waals surface area contributed by atoms with Crippen LogP contribution < -0.4 is 10.6 Å². The SMILES string of the molecule is COC(=O)[C@H](CNC(=O)CCc1ncc(C=O)s1)NC(=O)OC(C)(C)C. The minimum Gasteiger partial charge on any atom is -0.467 e. The Morgan fingerprint density at radius 3 is 2.58 bits per heavy atom. The fourth-order valence-electron chi connectivity index (χ4n) is 1.80. The van der Waals surface area contributed by atoms with Crippen LogP contribution in [0.25, 0.3) is 0 Å². The number of aldehydes is 1. The largest absolute Gasteiger partial charge is 0.467 e. The number of nitrogens with zero attached hydrogens (tertiary/aromatic N) is 1. The van der Waals surface area contributed by atoms with Crippen molar-refractivity contribution >= 4 is 35.6 Å². The van der Waals surface area contributed by atoms with Gasteiger partial charge in [-0.05, 0) is 20.8 Å². The third kappa shape index (κ3) is 8.06. The number of alkyl carbamates (subject to hydrolysis) is 1. The van der Waals surface area contributed by atoms with Crippen LogP contribution in [-0.2, 0) is 25.5 Å². The number of aromatic nitrogens is 1. The van der Waals surface area contributed by atoms with Gasteiger partial charge < -0.3 is 20.1 Å². The number of carbonyl (C=O) groups excluding carboxylic acids is 4. The predicted octanol–water partition coefficient (Wildman–Crippen LogP) is 1.07. The molecule has 0 aromatic carbocycles. The van der Waals surface area contributed by atoms with Crippen LogP contribution in [0.3, 0.4) is 0 Å². The van der Waals surface area contributed by atoms with E-state index < -0.39 is 23.7 Å². The van der Waals surface area contributed by atoms with E-state index in [0.717, 1.165) is 0 Å². The molecule has 2 amide bonds. The van der Waals surface area contributed by atoms with Gasteiger partial charge in [-0.1, -0.05) is 0 Å². The van der Waals surface area contributed by atoms with Crippen molar-refractivity contribution in [3.05, 3.63) is 16.1 Å². The van der Waals surface area contributed by atoms with Crippen molar-refractivity contribution in [2.75, 3.05) is 13.7 Å². The summed E-state index contributed by atoms with van der Waals surface area (Å²) < 4.78 is 9.70. The number of aryl methyl sites for hydroxylation is 1. The maximum absolute atomic E-state index is 11.9. The monoisotopic (exact) mass is 385 g/mol. The quantitative estimate of drug-likeness (QED) is 0.507. The Morgan fingerprint density at radius 1 is 1.35 bits per heavy atom. The van der Waals surface area contributed by atoms with Gasteiger partial charge in [-0.25, -0.2) is 14.6 Å². The third-order valence-electron chi connectivity index (χ3n) is 2.93. The number of nitrogens with one attached hydrogen (secondary N) is 2. The van der Waals surface area contributed by atoms with E-state index in [1.54, 1.807) is 20.8 Å². The Hall–Kier alpha value is -2.49. The summed E-state index contributed by atoms with van der Waals surface area (Å²) in [4.78, 5) is 50.6. The van der Waals surface area contributed by atoms with Crippen molar-refractivity contribution in [2.24, 2.45) is 0 Å². The molecule has 0 saturated heterocycles. The summed E-state index contributed by atoms with van der Waals surface area (Å²) in [5.74, 6) is -1.03. The number of thiazole rings is 1. The normalized spacial score (nSPS) is 12.0. The summed E-state index contributed by atoms with van der Waals surface area (Å²) in [5.41, 5.74) is -0.720. The molecule has 0 aliphatic rings. The Morgan fingerprint density at radius 2 is 2.04 bits per heavy atom. The minimum absolute atomic E-state index is 0.131. The van der Waals surface area contributed by atoms with E-state index in [0.29, 0.717) is 22.6 Å². The molecule has 0 saturated carbocycles. The van der Waals surface area contributed by atoms with Crippen LogP contribution in [0.4, 0.5) is 4.79 Å². The average molecular weight is 385 g/mol. The average Bonchev–Trinajstić information content (AvgIpc) is 3.02. The van der Waals surface area contributed by atoms with E-state index in [-0.39, 0.29) is 18.9 Å². The van der Waals surface area contributed by atoms with E-state index >= 15 is 0 Å². The number of hydrogen-bond donors (Lipinski definition) is 2. The van der Waals surface area contributed by atoms with E-state index in [1.807, 2.05) is 0 Å². The van der Waals surface area contributed by atoms with Gasteiger partial charge in [0, 0.05) is 25.6 Å². The van der Waals surface area contributed by atoms with Gasteiger partial charge in [-0.2, -0.15) is 0 Å². The topological polar surface area (TPSA) is 124 Å². The lowest BCUT2D eigenvalue weighted by Crippen LogP contribution is -2.50. The van der Waals surface area contributed by atoms with Gasteiger partial charge >= 0.3 is 12.1 Å². The lowest BCUT2D eigenvalue weighted by molar-refractivity contribution is -0.143. The van der Waals surface area contributed by atoms with Gasteiger partial charge in [-0.3, -0.25) is 9.59 Å². The first-order chi connectivity index (χ1) is 12.1. The summed E-state index contributed by atoms with van der Waals surface area (Å²) in [5, 5.41) is 5.58. The van der Waals surface area contributed by atoms with Gasteiger partial charge in [0.2, 0.25) is 5.91 Å². The molecule has 0 fully saturated rings. The van der Waals surface area contributed by atoms with Crippen molar-refractivity contribution in [1.82, 2.24) is 15.6 Å². The molecule has 1 rings (SSSR count).